The zero-order chi connectivity index (χ0) is 43.4. The number of Topliss-reactive ketones (excluding diaryl/α,β-unsaturated/α-hetero) is 1. The Balaban J connectivity index is 1.44. The Bertz CT molecular complexity index is 1760. The Kier molecular flexibility index (Phi) is 15.0. The van der Waals surface area contributed by atoms with Gasteiger partial charge in [-0.25, -0.2) is 9.78 Å². The van der Waals surface area contributed by atoms with Gasteiger partial charge in [0.15, 0.2) is 17.8 Å². The van der Waals surface area contributed by atoms with Crippen molar-refractivity contribution in [2.45, 2.75) is 154 Å². The van der Waals surface area contributed by atoms with Gasteiger partial charge in [-0.15, -0.1) is 0 Å². The normalized spacial score (nSPS) is 36.4. The van der Waals surface area contributed by atoms with Crippen molar-refractivity contribution in [3.63, 3.8) is 0 Å². The molecule has 16 nitrogen and oxygen atoms in total. The highest BCUT2D eigenvalue weighted by atomic mass is 16.7. The summed E-state index contributed by atoms with van der Waals surface area (Å²) < 4.78 is 38.9. The fourth-order valence-corrected chi connectivity index (χ4v) is 9.18. The molecule has 0 saturated carbocycles. The Morgan fingerprint density at radius 2 is 1.71 bits per heavy atom. The predicted octanol–water partition coefficient (Wildman–Crippen LogP) is 4.66. The molecule has 3 aliphatic rings. The number of nitrogens with zero attached hydrogens (tertiary/aromatic N) is 5. The van der Waals surface area contributed by atoms with Gasteiger partial charge in [-0.3, -0.25) is 19.4 Å². The quantitative estimate of drug-likeness (QED) is 0.143. The molecule has 59 heavy (non-hydrogen) atoms. The fourth-order valence-electron chi connectivity index (χ4n) is 9.18. The predicted molar refractivity (Wildman–Crippen MR) is 216 cm³/mol. The summed E-state index contributed by atoms with van der Waals surface area (Å²) in [5.41, 5.74) is -1.01. The van der Waals surface area contributed by atoms with Gasteiger partial charge in [0, 0.05) is 62.2 Å². The Morgan fingerprint density at radius 3 is 2.36 bits per heavy atom. The number of aliphatic hydroxyl groups is 1. The number of hydrogen-bond donors (Lipinski definition) is 1. The van der Waals surface area contributed by atoms with E-state index in [0.29, 0.717) is 25.8 Å². The van der Waals surface area contributed by atoms with E-state index in [0.717, 1.165) is 11.3 Å². The van der Waals surface area contributed by atoms with Crippen LogP contribution in [0.25, 0.3) is 11.3 Å². The van der Waals surface area contributed by atoms with Crippen LogP contribution in [-0.2, 0) is 49.3 Å². The number of aryl methyl sites for hydroxylation is 1. The molecule has 16 heteroatoms. The van der Waals surface area contributed by atoms with E-state index in [1.54, 1.807) is 65.2 Å². The molecule has 2 aromatic heterocycles. The molecular formula is C43H65N5O11. The lowest BCUT2D eigenvalue weighted by Crippen LogP contribution is -2.59. The average Bonchev–Trinajstić information content (AvgIpc) is 3.78. The molecule has 3 aliphatic heterocycles. The van der Waals surface area contributed by atoms with Crippen molar-refractivity contribution in [1.29, 1.82) is 0 Å². The monoisotopic (exact) mass is 827 g/mol. The van der Waals surface area contributed by atoms with Crippen LogP contribution < -0.4 is 0 Å². The molecule has 1 amide bonds. The SMILES string of the molecule is CC[C@H]1OC(=O)[C@H](C)C(=O)OC(C)[C@@H](O[C@@H]2O[C@H](C)C[C@H](N(C)C)[C@H]2O)[C@](C)(OC)C[C@@H](C)C(=O)[C@H](C)[C@H]2N(CCCCn3cnc(-c4cccnc4)c3)C(=O)O[C@]12C. The van der Waals surface area contributed by atoms with Crippen molar-refractivity contribution >= 4 is 23.8 Å². The lowest BCUT2D eigenvalue weighted by Gasteiger charge is -2.46. The molecule has 0 aromatic carbocycles. The number of ketones is 1. The largest absolute Gasteiger partial charge is 0.459 e. The molecule has 1 unspecified atom stereocenters. The number of carbonyl (C=O) groups excluding carboxylic acids is 4. The van der Waals surface area contributed by atoms with Crippen molar-refractivity contribution < 1.29 is 52.7 Å². The van der Waals surface area contributed by atoms with E-state index in [4.69, 9.17) is 28.4 Å². The molecule has 0 bridgehead atoms. The minimum Gasteiger partial charge on any atom is -0.459 e. The number of aliphatic hydroxyl groups excluding tert-OH is 1. The highest BCUT2D eigenvalue weighted by Crippen LogP contribution is 2.42. The molecule has 1 N–H and O–H groups in total. The average molecular weight is 828 g/mol. The minimum atomic E-state index is -1.44. The first kappa shape index (κ1) is 46.1. The van der Waals surface area contributed by atoms with Crippen LogP contribution in [0.4, 0.5) is 4.79 Å². The second-order valence-electron chi connectivity index (χ2n) is 17.3. The number of amides is 1. The smallest absolute Gasteiger partial charge is 0.410 e. The van der Waals surface area contributed by atoms with E-state index in [9.17, 15) is 24.3 Å². The minimum absolute atomic E-state index is 0.112. The van der Waals surface area contributed by atoms with E-state index in [2.05, 4.69) is 9.97 Å². The Labute approximate surface area is 348 Å². The maximum atomic E-state index is 14.7. The second-order valence-corrected chi connectivity index (χ2v) is 17.3. The fraction of sp³-hybridized carbons (Fsp3) is 0.721. The van der Waals surface area contributed by atoms with Crippen molar-refractivity contribution in [3.05, 3.63) is 37.1 Å². The number of hydrogen-bond acceptors (Lipinski definition) is 14. The van der Waals surface area contributed by atoms with Gasteiger partial charge in [0.25, 0.3) is 0 Å². The molecule has 2 aromatic rings. The van der Waals surface area contributed by atoms with Crippen molar-refractivity contribution in [2.75, 3.05) is 27.7 Å². The van der Waals surface area contributed by atoms with Gasteiger partial charge in [0.1, 0.15) is 30.2 Å². The topological polar surface area (TPSA) is 181 Å². The van der Waals surface area contributed by atoms with E-state index in [-0.39, 0.29) is 37.3 Å². The van der Waals surface area contributed by atoms with E-state index in [1.807, 2.05) is 48.8 Å². The number of likely N-dealkylation sites (N-methyl/N-ethyl adjacent to an activating group) is 1. The van der Waals surface area contributed by atoms with Gasteiger partial charge in [0.05, 0.1) is 29.8 Å². The Morgan fingerprint density at radius 1 is 1.02 bits per heavy atom. The van der Waals surface area contributed by atoms with Crippen LogP contribution in [0.5, 0.6) is 0 Å². The number of carbonyl (C=O) groups is 4. The summed E-state index contributed by atoms with van der Waals surface area (Å²) in [5, 5.41) is 11.4. The van der Waals surface area contributed by atoms with Crippen LogP contribution >= 0.6 is 0 Å². The van der Waals surface area contributed by atoms with Gasteiger partial charge < -0.3 is 47.9 Å². The molecule has 5 rings (SSSR count). The molecule has 3 fully saturated rings. The summed E-state index contributed by atoms with van der Waals surface area (Å²) in [6.45, 7) is 14.7. The second kappa shape index (κ2) is 19.2. The molecule has 5 heterocycles. The maximum absolute atomic E-state index is 14.7. The lowest BCUT2D eigenvalue weighted by molar-refractivity contribution is -0.302. The first-order chi connectivity index (χ1) is 27.8. The van der Waals surface area contributed by atoms with Crippen LogP contribution in [0.1, 0.15) is 87.5 Å². The van der Waals surface area contributed by atoms with Crippen molar-refractivity contribution in [1.82, 2.24) is 24.3 Å². The molecule has 0 spiro atoms. The number of ether oxygens (including phenoxy) is 6. The van der Waals surface area contributed by atoms with E-state index >= 15 is 0 Å². The van der Waals surface area contributed by atoms with Crippen molar-refractivity contribution in [3.8, 4) is 11.3 Å². The molecular weight excluding hydrogens is 762 g/mol. The molecule has 328 valence electrons. The van der Waals surface area contributed by atoms with E-state index in [1.165, 1.54) is 14.0 Å². The van der Waals surface area contributed by atoms with Crippen LogP contribution in [0, 0.1) is 17.8 Å². The van der Waals surface area contributed by atoms with Crippen LogP contribution in [0.15, 0.2) is 37.1 Å². The number of methoxy groups -OCH3 is 1. The third kappa shape index (κ3) is 9.99. The number of aromatic nitrogens is 3. The van der Waals surface area contributed by atoms with Crippen molar-refractivity contribution in [2.24, 2.45) is 17.8 Å². The zero-order valence-corrected chi connectivity index (χ0v) is 36.5. The van der Waals surface area contributed by atoms with Gasteiger partial charge in [-0.1, -0.05) is 20.8 Å². The summed E-state index contributed by atoms with van der Waals surface area (Å²) in [6.07, 6.45) is 3.21. The molecule has 13 atom stereocenters. The summed E-state index contributed by atoms with van der Waals surface area (Å²) in [6, 6.07) is 2.69. The molecule has 3 saturated heterocycles. The number of pyridine rings is 1. The van der Waals surface area contributed by atoms with E-state index < -0.39 is 83.7 Å². The number of cyclic esters (lactones) is 2. The van der Waals surface area contributed by atoms with Gasteiger partial charge >= 0.3 is 18.0 Å². The van der Waals surface area contributed by atoms with Crippen LogP contribution in [-0.4, -0.2) is 141 Å². The number of rotatable bonds is 11. The highest BCUT2D eigenvalue weighted by molar-refractivity contribution is 5.94. The molecule has 0 aliphatic carbocycles. The zero-order valence-electron chi connectivity index (χ0n) is 36.5. The first-order valence-corrected chi connectivity index (χ1v) is 20.9. The van der Waals surface area contributed by atoms with Crippen LogP contribution in [0.3, 0.4) is 0 Å². The summed E-state index contributed by atoms with van der Waals surface area (Å²) >= 11 is 0. The first-order valence-electron chi connectivity index (χ1n) is 20.9. The third-order valence-electron chi connectivity index (χ3n) is 12.6. The number of imidazole rings is 1. The Hall–Kier alpha value is -3.96. The maximum Gasteiger partial charge on any atom is 0.410 e. The number of esters is 2. The van der Waals surface area contributed by atoms with Crippen LogP contribution in [0.2, 0.25) is 0 Å². The third-order valence-corrected chi connectivity index (χ3v) is 12.6. The summed E-state index contributed by atoms with van der Waals surface area (Å²) in [7, 11) is 5.22. The molecule has 0 radical (unpaired) electrons. The highest BCUT2D eigenvalue weighted by Gasteiger charge is 2.60. The number of unbranched alkanes of at least 4 members (excludes halogenated alkanes) is 1. The summed E-state index contributed by atoms with van der Waals surface area (Å²) in [5.74, 6) is -4.71. The van der Waals surface area contributed by atoms with Gasteiger partial charge in [-0.05, 0) is 93.0 Å². The standard InChI is InChI=1S/C43H65N5O11/c1-12-33-43(8)36(48(41(53)59-43)19-14-13-18-47-23-31(45-24-47)30-16-15-17-44-22-30)27(4)34(49)25(2)21-42(7,54-11)37(29(6)56-38(51)28(5)39(52)57-33)58-40-35(50)32(46(9)10)20-26(3)55-40/h15-17,22-29,32-33,35-37,40,50H,12-14,18-21H2,1-11H3/t25-,26-,27+,28-,29?,32+,33-,35-,36-,37-,40+,42-,43-/m1/s1. The van der Waals surface area contributed by atoms with Gasteiger partial charge in [0.2, 0.25) is 0 Å². The lowest BCUT2D eigenvalue weighted by atomic mass is 9.75. The van der Waals surface area contributed by atoms with Gasteiger partial charge in [-0.2, -0.15) is 0 Å². The number of fused-ring (bicyclic) bond motifs is 1. The summed E-state index contributed by atoms with van der Waals surface area (Å²) in [4.78, 5) is 68.3.